The minimum absolute atomic E-state index is 0.0994. The van der Waals surface area contributed by atoms with Crippen molar-refractivity contribution in [3.8, 4) is 0 Å². The molecule has 1 aromatic carbocycles. The molecule has 0 unspecified atom stereocenters. The van der Waals surface area contributed by atoms with E-state index in [1.165, 1.54) is 12.3 Å². The molecule has 0 amide bonds. The smallest absolute Gasteiger partial charge is 0.251 e. The summed E-state index contributed by atoms with van der Waals surface area (Å²) >= 11 is 0. The molecule has 0 aliphatic heterocycles. The minimum atomic E-state index is -0.526. The van der Waals surface area contributed by atoms with Crippen molar-refractivity contribution in [3.63, 3.8) is 0 Å². The van der Waals surface area contributed by atoms with Crippen molar-refractivity contribution in [2.45, 2.75) is 0 Å². The van der Waals surface area contributed by atoms with Gasteiger partial charge in [0.1, 0.15) is 6.26 Å². The van der Waals surface area contributed by atoms with E-state index in [4.69, 9.17) is 9.52 Å². The molecule has 0 saturated heterocycles. The molecule has 0 fully saturated rings. The monoisotopic (exact) mass is 242 g/mol. The van der Waals surface area contributed by atoms with E-state index >= 15 is 0 Å². The first-order valence-corrected chi connectivity index (χ1v) is 5.20. The molecule has 2 rings (SSSR count). The SMILES string of the molecule is O=C(C(=CO)N=Nc1ccccc1)c1ccco1. The number of carbonyl (C=O) groups excluding carboxylic acids is 1. The summed E-state index contributed by atoms with van der Waals surface area (Å²) in [6.45, 7) is 0. The molecule has 1 N–H and O–H groups in total. The Balaban J connectivity index is 2.16. The highest BCUT2D eigenvalue weighted by Gasteiger charge is 2.14. The predicted molar refractivity (Wildman–Crippen MR) is 64.7 cm³/mol. The number of furan rings is 1. The number of ketones is 1. The fourth-order valence-electron chi connectivity index (χ4n) is 1.27. The molecule has 0 aliphatic rings. The Morgan fingerprint density at radius 2 is 1.94 bits per heavy atom. The first-order valence-electron chi connectivity index (χ1n) is 5.20. The van der Waals surface area contributed by atoms with Gasteiger partial charge in [0.15, 0.2) is 11.5 Å². The van der Waals surface area contributed by atoms with Crippen LogP contribution in [0.2, 0.25) is 0 Å². The van der Waals surface area contributed by atoms with E-state index in [1.807, 2.05) is 6.07 Å². The van der Waals surface area contributed by atoms with Crippen molar-refractivity contribution in [1.82, 2.24) is 0 Å². The summed E-state index contributed by atoms with van der Waals surface area (Å²) in [6, 6.07) is 12.0. The second-order valence-corrected chi connectivity index (χ2v) is 3.36. The van der Waals surface area contributed by atoms with Gasteiger partial charge in [-0.3, -0.25) is 4.79 Å². The van der Waals surface area contributed by atoms with Crippen LogP contribution in [-0.4, -0.2) is 10.9 Å². The number of benzene rings is 1. The lowest BCUT2D eigenvalue weighted by atomic mass is 10.2. The molecule has 1 heterocycles. The Morgan fingerprint density at radius 3 is 2.56 bits per heavy atom. The van der Waals surface area contributed by atoms with Gasteiger partial charge in [0.05, 0.1) is 12.0 Å². The van der Waals surface area contributed by atoms with Gasteiger partial charge < -0.3 is 9.52 Å². The number of hydrogen-bond donors (Lipinski definition) is 1. The second-order valence-electron chi connectivity index (χ2n) is 3.36. The normalized spacial score (nSPS) is 11.9. The number of rotatable bonds is 4. The lowest BCUT2D eigenvalue weighted by Gasteiger charge is -1.95. The van der Waals surface area contributed by atoms with Crippen molar-refractivity contribution in [3.05, 3.63) is 66.4 Å². The fourth-order valence-corrected chi connectivity index (χ4v) is 1.27. The molecule has 18 heavy (non-hydrogen) atoms. The zero-order valence-corrected chi connectivity index (χ0v) is 9.35. The summed E-state index contributed by atoms with van der Waals surface area (Å²) in [4.78, 5) is 11.8. The van der Waals surface area contributed by atoms with Crippen molar-refractivity contribution in [1.29, 1.82) is 0 Å². The average molecular weight is 242 g/mol. The number of azo groups is 1. The molecule has 0 saturated carbocycles. The topological polar surface area (TPSA) is 75.2 Å². The van der Waals surface area contributed by atoms with Crippen LogP contribution < -0.4 is 0 Å². The Kier molecular flexibility index (Phi) is 3.66. The van der Waals surface area contributed by atoms with Crippen LogP contribution >= 0.6 is 0 Å². The van der Waals surface area contributed by atoms with Gasteiger partial charge in [0, 0.05) is 0 Å². The third-order valence-electron chi connectivity index (χ3n) is 2.13. The van der Waals surface area contributed by atoms with Crippen molar-refractivity contribution in [2.75, 3.05) is 0 Å². The number of carbonyl (C=O) groups is 1. The van der Waals surface area contributed by atoms with Crippen molar-refractivity contribution < 1.29 is 14.3 Å². The van der Waals surface area contributed by atoms with Gasteiger partial charge in [-0.1, -0.05) is 18.2 Å². The quantitative estimate of drug-likeness (QED) is 0.385. The molecule has 0 radical (unpaired) electrons. The Hall–Kier alpha value is -2.69. The summed E-state index contributed by atoms with van der Waals surface area (Å²) in [5, 5.41) is 16.5. The third-order valence-corrected chi connectivity index (χ3v) is 2.13. The summed E-state index contributed by atoms with van der Waals surface area (Å²) in [6.07, 6.45) is 1.98. The molecule has 0 atom stereocenters. The molecule has 90 valence electrons. The molecule has 1 aromatic heterocycles. The average Bonchev–Trinajstić information content (AvgIpc) is 2.94. The van der Waals surface area contributed by atoms with Crippen LogP contribution in [0, 0.1) is 0 Å². The summed E-state index contributed by atoms with van der Waals surface area (Å²) < 4.78 is 4.93. The van der Waals surface area contributed by atoms with Gasteiger partial charge in [-0.25, -0.2) is 0 Å². The second kappa shape index (κ2) is 5.58. The first kappa shape index (κ1) is 11.8. The van der Waals surface area contributed by atoms with Gasteiger partial charge in [-0.05, 0) is 24.3 Å². The van der Waals surface area contributed by atoms with E-state index in [1.54, 1.807) is 30.3 Å². The van der Waals surface area contributed by atoms with Crippen molar-refractivity contribution >= 4 is 11.5 Å². The molecule has 5 heteroatoms. The Morgan fingerprint density at radius 1 is 1.17 bits per heavy atom. The summed E-state index contributed by atoms with van der Waals surface area (Å²) in [5.74, 6) is -0.426. The molecule has 0 bridgehead atoms. The van der Waals surface area contributed by atoms with E-state index in [-0.39, 0.29) is 11.5 Å². The standard InChI is InChI=1S/C13H10N2O3/c16-9-11(13(17)12-7-4-8-18-12)15-14-10-5-2-1-3-6-10/h1-9,16H. The maximum Gasteiger partial charge on any atom is 0.251 e. The van der Waals surface area contributed by atoms with Crippen LogP contribution in [0.25, 0.3) is 0 Å². The number of nitrogens with zero attached hydrogens (tertiary/aromatic N) is 2. The van der Waals surface area contributed by atoms with Gasteiger partial charge in [0.2, 0.25) is 0 Å². The Bertz CT molecular complexity index is 572. The number of Topliss-reactive ketones (excluding diaryl/α,β-unsaturated/α-hetero) is 1. The number of aliphatic hydroxyl groups is 1. The van der Waals surface area contributed by atoms with Crippen LogP contribution in [0.15, 0.2) is 75.3 Å². The predicted octanol–water partition coefficient (Wildman–Crippen LogP) is 3.65. The van der Waals surface area contributed by atoms with Crippen LogP contribution in [0.4, 0.5) is 5.69 Å². The summed E-state index contributed by atoms with van der Waals surface area (Å²) in [7, 11) is 0. The van der Waals surface area contributed by atoms with E-state index in [9.17, 15) is 4.79 Å². The van der Waals surface area contributed by atoms with E-state index in [0.29, 0.717) is 11.9 Å². The van der Waals surface area contributed by atoms with Gasteiger partial charge in [0.25, 0.3) is 5.78 Å². The molecule has 5 nitrogen and oxygen atoms in total. The third kappa shape index (κ3) is 2.70. The fraction of sp³-hybridized carbons (Fsp3) is 0. The van der Waals surface area contributed by atoms with Gasteiger partial charge in [-0.15, -0.1) is 5.11 Å². The maximum atomic E-state index is 11.8. The first-order chi connectivity index (χ1) is 8.81. The summed E-state index contributed by atoms with van der Waals surface area (Å²) in [5.41, 5.74) is 0.401. The molecule has 0 aliphatic carbocycles. The maximum absolute atomic E-state index is 11.8. The van der Waals surface area contributed by atoms with Gasteiger partial charge in [-0.2, -0.15) is 5.11 Å². The minimum Gasteiger partial charge on any atom is -0.513 e. The van der Waals surface area contributed by atoms with E-state index < -0.39 is 5.78 Å². The van der Waals surface area contributed by atoms with Gasteiger partial charge >= 0.3 is 0 Å². The molecule has 2 aromatic rings. The van der Waals surface area contributed by atoms with Crippen LogP contribution in [0.1, 0.15) is 10.6 Å². The zero-order valence-electron chi connectivity index (χ0n) is 9.35. The van der Waals surface area contributed by atoms with E-state index in [2.05, 4.69) is 10.2 Å². The van der Waals surface area contributed by atoms with Crippen LogP contribution in [0.5, 0.6) is 0 Å². The zero-order chi connectivity index (χ0) is 12.8. The van der Waals surface area contributed by atoms with E-state index in [0.717, 1.165) is 0 Å². The molecule has 0 spiro atoms. The molecular formula is C13H10N2O3. The molecular weight excluding hydrogens is 232 g/mol. The highest BCUT2D eigenvalue weighted by molar-refractivity contribution is 6.06. The lowest BCUT2D eigenvalue weighted by Crippen LogP contribution is -1.99. The van der Waals surface area contributed by atoms with Crippen LogP contribution in [0.3, 0.4) is 0 Å². The number of aliphatic hydroxyl groups excluding tert-OH is 1. The Labute approximate surface area is 103 Å². The number of allylic oxidation sites excluding steroid dienone is 1. The number of hydrogen-bond acceptors (Lipinski definition) is 5. The highest BCUT2D eigenvalue weighted by atomic mass is 16.3. The van der Waals surface area contributed by atoms with Crippen molar-refractivity contribution in [2.24, 2.45) is 10.2 Å². The van der Waals surface area contributed by atoms with Crippen LogP contribution in [-0.2, 0) is 0 Å². The highest BCUT2D eigenvalue weighted by Crippen LogP contribution is 2.15. The largest absolute Gasteiger partial charge is 0.513 e. The lowest BCUT2D eigenvalue weighted by molar-refractivity contribution is 0.0999.